The van der Waals surface area contributed by atoms with E-state index in [-0.39, 0.29) is 11.9 Å². The van der Waals surface area contributed by atoms with E-state index in [4.69, 9.17) is 5.73 Å². The first-order valence-electron chi connectivity index (χ1n) is 5.73. The summed E-state index contributed by atoms with van der Waals surface area (Å²) in [5.74, 6) is -0.171. The number of aromatic nitrogens is 2. The van der Waals surface area contributed by atoms with Crippen molar-refractivity contribution in [2.45, 2.75) is 26.4 Å². The molecule has 0 saturated heterocycles. The van der Waals surface area contributed by atoms with E-state index in [0.29, 0.717) is 24.5 Å². The molecule has 0 bridgehead atoms. The number of carbonyl (C=O) groups is 1. The highest BCUT2D eigenvalue weighted by Gasteiger charge is 2.16. The summed E-state index contributed by atoms with van der Waals surface area (Å²) in [7, 11) is 3.95. The minimum absolute atomic E-state index is 0.171. The van der Waals surface area contributed by atoms with Gasteiger partial charge in [-0.3, -0.25) is 9.48 Å². The topological polar surface area (TPSA) is 76.2 Å². The number of anilines is 1. The van der Waals surface area contributed by atoms with E-state index in [2.05, 4.69) is 10.4 Å². The monoisotopic (exact) mass is 239 g/mol. The van der Waals surface area contributed by atoms with E-state index in [1.807, 2.05) is 32.8 Å². The number of likely N-dealkylation sites (N-methyl/N-ethyl adjacent to an activating group) is 1. The zero-order chi connectivity index (χ0) is 13.0. The highest BCUT2D eigenvalue weighted by atomic mass is 16.2. The Labute approximate surface area is 102 Å². The molecular formula is C11H21N5O. The Morgan fingerprint density at radius 3 is 2.82 bits per heavy atom. The molecule has 0 aromatic carbocycles. The highest BCUT2D eigenvalue weighted by Crippen LogP contribution is 2.10. The zero-order valence-corrected chi connectivity index (χ0v) is 10.9. The second kappa shape index (κ2) is 5.67. The Balaban J connectivity index is 2.67. The van der Waals surface area contributed by atoms with Gasteiger partial charge in [-0.25, -0.2) is 0 Å². The summed E-state index contributed by atoms with van der Waals surface area (Å²) >= 11 is 0. The van der Waals surface area contributed by atoms with Crippen LogP contribution in [0.2, 0.25) is 0 Å². The SMILES string of the molecule is CCn1ncc(N)c1C(=O)NCC(C)N(C)C. The van der Waals surface area contributed by atoms with E-state index in [9.17, 15) is 4.79 Å². The normalized spacial score (nSPS) is 12.8. The molecule has 1 rings (SSSR count). The fraction of sp³-hybridized carbons (Fsp3) is 0.636. The molecule has 0 aliphatic carbocycles. The van der Waals surface area contributed by atoms with Crippen LogP contribution in [0.4, 0.5) is 5.69 Å². The molecule has 0 radical (unpaired) electrons. The van der Waals surface area contributed by atoms with E-state index in [1.165, 1.54) is 6.20 Å². The lowest BCUT2D eigenvalue weighted by molar-refractivity contribution is 0.0934. The summed E-state index contributed by atoms with van der Waals surface area (Å²) in [6, 6.07) is 0.276. The number of amides is 1. The van der Waals surface area contributed by atoms with E-state index < -0.39 is 0 Å². The number of nitrogen functional groups attached to an aromatic ring is 1. The van der Waals surface area contributed by atoms with Crippen molar-refractivity contribution in [3.8, 4) is 0 Å². The van der Waals surface area contributed by atoms with E-state index in [1.54, 1.807) is 4.68 Å². The van der Waals surface area contributed by atoms with Crippen molar-refractivity contribution in [3.05, 3.63) is 11.9 Å². The Morgan fingerprint density at radius 2 is 2.29 bits per heavy atom. The van der Waals surface area contributed by atoms with Crippen molar-refractivity contribution in [2.24, 2.45) is 0 Å². The third-order valence-electron chi connectivity index (χ3n) is 2.82. The first-order chi connectivity index (χ1) is 7.97. The maximum Gasteiger partial charge on any atom is 0.271 e. The third-order valence-corrected chi connectivity index (χ3v) is 2.82. The number of hydrogen-bond donors (Lipinski definition) is 2. The van der Waals surface area contributed by atoms with Crippen LogP contribution >= 0.6 is 0 Å². The van der Waals surface area contributed by atoms with Gasteiger partial charge in [0.15, 0.2) is 0 Å². The summed E-state index contributed by atoms with van der Waals surface area (Å²) in [6.45, 7) is 5.18. The molecule has 6 nitrogen and oxygen atoms in total. The van der Waals surface area contributed by atoms with Crippen molar-refractivity contribution in [1.29, 1.82) is 0 Å². The maximum absolute atomic E-state index is 12.0. The molecule has 0 saturated carbocycles. The minimum atomic E-state index is -0.171. The molecular weight excluding hydrogens is 218 g/mol. The van der Waals surface area contributed by atoms with Crippen LogP contribution in [0.25, 0.3) is 0 Å². The Kier molecular flexibility index (Phi) is 4.51. The molecule has 1 amide bonds. The fourth-order valence-corrected chi connectivity index (χ4v) is 1.39. The smallest absolute Gasteiger partial charge is 0.271 e. The lowest BCUT2D eigenvalue weighted by Crippen LogP contribution is -2.39. The summed E-state index contributed by atoms with van der Waals surface area (Å²) in [4.78, 5) is 14.0. The summed E-state index contributed by atoms with van der Waals surface area (Å²) in [5, 5.41) is 6.90. The maximum atomic E-state index is 12.0. The first kappa shape index (κ1) is 13.5. The number of nitrogens with zero attached hydrogens (tertiary/aromatic N) is 3. The minimum Gasteiger partial charge on any atom is -0.396 e. The lowest BCUT2D eigenvalue weighted by Gasteiger charge is -2.20. The van der Waals surface area contributed by atoms with E-state index in [0.717, 1.165) is 0 Å². The molecule has 0 aliphatic heterocycles. The van der Waals surface area contributed by atoms with Gasteiger partial charge in [-0.15, -0.1) is 0 Å². The van der Waals surface area contributed by atoms with Gasteiger partial charge in [-0.05, 0) is 27.9 Å². The second-order valence-corrected chi connectivity index (χ2v) is 4.29. The molecule has 6 heteroatoms. The van der Waals surface area contributed by atoms with Crippen molar-refractivity contribution in [3.63, 3.8) is 0 Å². The largest absolute Gasteiger partial charge is 0.396 e. The van der Waals surface area contributed by atoms with E-state index >= 15 is 0 Å². The van der Waals surface area contributed by atoms with Crippen molar-refractivity contribution >= 4 is 11.6 Å². The average Bonchev–Trinajstić information content (AvgIpc) is 2.66. The number of rotatable bonds is 5. The van der Waals surface area contributed by atoms with Gasteiger partial charge >= 0.3 is 0 Å². The zero-order valence-electron chi connectivity index (χ0n) is 10.9. The number of hydrogen-bond acceptors (Lipinski definition) is 4. The van der Waals surface area contributed by atoms with Gasteiger partial charge in [0.05, 0.1) is 11.9 Å². The fourth-order valence-electron chi connectivity index (χ4n) is 1.39. The molecule has 0 fully saturated rings. The van der Waals surface area contributed by atoms with Crippen molar-refractivity contribution in [1.82, 2.24) is 20.0 Å². The predicted octanol–water partition coefficient (Wildman–Crippen LogP) is 0.165. The number of aryl methyl sites for hydroxylation is 1. The molecule has 1 aromatic heterocycles. The third kappa shape index (κ3) is 3.20. The quantitative estimate of drug-likeness (QED) is 0.767. The predicted molar refractivity (Wildman–Crippen MR) is 67.8 cm³/mol. The average molecular weight is 239 g/mol. The Hall–Kier alpha value is -1.56. The lowest BCUT2D eigenvalue weighted by atomic mass is 10.3. The molecule has 1 unspecified atom stereocenters. The van der Waals surface area contributed by atoms with Crippen molar-refractivity contribution in [2.75, 3.05) is 26.4 Å². The standard InChI is InChI=1S/C11H21N5O/c1-5-16-10(9(12)7-14-16)11(17)13-6-8(2)15(3)4/h7-8H,5-6,12H2,1-4H3,(H,13,17). The summed E-state index contributed by atoms with van der Waals surface area (Å²) in [5.41, 5.74) is 6.59. The second-order valence-electron chi connectivity index (χ2n) is 4.29. The van der Waals surface area contributed by atoms with Crippen molar-refractivity contribution < 1.29 is 4.79 Å². The molecule has 1 aromatic rings. The van der Waals surface area contributed by atoms with Gasteiger partial charge in [-0.1, -0.05) is 0 Å². The van der Waals surface area contributed by atoms with Crippen LogP contribution in [0, 0.1) is 0 Å². The molecule has 17 heavy (non-hydrogen) atoms. The molecule has 0 spiro atoms. The van der Waals surface area contributed by atoms with Crippen LogP contribution in [-0.2, 0) is 6.54 Å². The van der Waals surface area contributed by atoms with Crippen LogP contribution in [0.15, 0.2) is 6.20 Å². The van der Waals surface area contributed by atoms with Crippen LogP contribution in [0.3, 0.4) is 0 Å². The molecule has 1 atom stereocenters. The van der Waals surface area contributed by atoms with Crippen LogP contribution in [-0.4, -0.2) is 47.3 Å². The van der Waals surface area contributed by atoms with Gasteiger partial charge in [0.1, 0.15) is 5.69 Å². The van der Waals surface area contributed by atoms with Crippen LogP contribution in [0.1, 0.15) is 24.3 Å². The molecule has 0 aliphatic rings. The molecule has 3 N–H and O–H groups in total. The number of nitrogens with two attached hydrogens (primary N) is 1. The molecule has 96 valence electrons. The van der Waals surface area contributed by atoms with Crippen LogP contribution < -0.4 is 11.1 Å². The number of carbonyl (C=O) groups excluding carboxylic acids is 1. The Morgan fingerprint density at radius 1 is 1.65 bits per heavy atom. The van der Waals surface area contributed by atoms with Crippen LogP contribution in [0.5, 0.6) is 0 Å². The highest BCUT2D eigenvalue weighted by molar-refractivity contribution is 5.97. The summed E-state index contributed by atoms with van der Waals surface area (Å²) < 4.78 is 1.60. The molecule has 1 heterocycles. The van der Waals surface area contributed by atoms with Gasteiger partial charge in [0.25, 0.3) is 5.91 Å². The Bertz CT molecular complexity index is 385. The van der Waals surface area contributed by atoms with Gasteiger partial charge < -0.3 is 16.0 Å². The summed E-state index contributed by atoms with van der Waals surface area (Å²) in [6.07, 6.45) is 1.51. The van der Waals surface area contributed by atoms with Gasteiger partial charge in [0.2, 0.25) is 0 Å². The number of nitrogens with one attached hydrogen (secondary N) is 1. The van der Waals surface area contributed by atoms with Gasteiger partial charge in [-0.2, -0.15) is 5.10 Å². The first-order valence-corrected chi connectivity index (χ1v) is 5.73. The van der Waals surface area contributed by atoms with Gasteiger partial charge in [0, 0.05) is 19.1 Å².